The van der Waals surface area contributed by atoms with Gasteiger partial charge in [-0.3, -0.25) is 0 Å². The maximum Gasteiger partial charge on any atom is 0.381 e. The Morgan fingerprint density at radius 1 is 1.64 bits per heavy atom. The van der Waals surface area contributed by atoms with E-state index in [1.807, 2.05) is 13.8 Å². The van der Waals surface area contributed by atoms with Crippen molar-refractivity contribution in [3.63, 3.8) is 0 Å². The van der Waals surface area contributed by atoms with Gasteiger partial charge in [-0.25, -0.2) is 0 Å². The Kier molecular flexibility index (Phi) is 5.47. The van der Waals surface area contributed by atoms with Crippen molar-refractivity contribution in [2.45, 2.75) is 27.3 Å². The van der Waals surface area contributed by atoms with E-state index in [4.69, 9.17) is 5.73 Å². The maximum absolute atomic E-state index is 10.3. The summed E-state index contributed by atoms with van der Waals surface area (Å²) in [5, 5.41) is 10.3. The first-order chi connectivity index (χ1) is 6.65. The largest absolute Gasteiger partial charge is 0.381 e. The Balaban J connectivity index is 0.000000791. The molecular formula is C8H16N4O2. The number of aromatic nitrogens is 2. The molecule has 1 rings (SSSR count). The van der Waals surface area contributed by atoms with Crippen molar-refractivity contribution in [3.05, 3.63) is 22.1 Å². The van der Waals surface area contributed by atoms with Crippen LogP contribution in [0.4, 0.5) is 5.82 Å². The zero-order chi connectivity index (χ0) is 11.1. The second-order valence-electron chi connectivity index (χ2n) is 2.39. The molecule has 0 aliphatic carbocycles. The van der Waals surface area contributed by atoms with Gasteiger partial charge in [-0.2, -0.15) is 0 Å². The van der Waals surface area contributed by atoms with E-state index < -0.39 is 4.92 Å². The van der Waals surface area contributed by atoms with Crippen molar-refractivity contribution in [3.8, 4) is 0 Å². The minimum atomic E-state index is -0.514. The molecule has 14 heavy (non-hydrogen) atoms. The lowest BCUT2D eigenvalue weighted by Crippen LogP contribution is -2.10. The molecule has 0 saturated heterocycles. The number of nitrogens with two attached hydrogens (primary N) is 1. The number of hydrogen-bond acceptors (Lipinski definition) is 4. The van der Waals surface area contributed by atoms with Gasteiger partial charge in [0.2, 0.25) is 5.82 Å². The third-order valence-corrected chi connectivity index (χ3v) is 1.52. The summed E-state index contributed by atoms with van der Waals surface area (Å²) < 4.78 is 1.66. The Morgan fingerprint density at radius 3 is 2.57 bits per heavy atom. The van der Waals surface area contributed by atoms with Crippen LogP contribution in [0.2, 0.25) is 0 Å². The van der Waals surface area contributed by atoms with Gasteiger partial charge in [-0.15, -0.1) is 0 Å². The standard InChI is InChI=1S/C6H10N4O2.C2H6/c1-5-8-6(10(11)12)4-9(5)3-2-7;1-2/h4H,2-3,7H2,1H3;1-2H3. The molecule has 1 aromatic rings. The van der Waals surface area contributed by atoms with Crippen molar-refractivity contribution in [2.75, 3.05) is 6.54 Å². The van der Waals surface area contributed by atoms with Crippen LogP contribution in [0, 0.1) is 17.0 Å². The molecule has 0 amide bonds. The zero-order valence-corrected chi connectivity index (χ0v) is 8.73. The molecule has 0 aromatic carbocycles. The van der Waals surface area contributed by atoms with E-state index in [-0.39, 0.29) is 5.82 Å². The highest BCUT2D eigenvalue weighted by Gasteiger charge is 2.13. The van der Waals surface area contributed by atoms with Gasteiger partial charge in [0, 0.05) is 20.0 Å². The topological polar surface area (TPSA) is 87.0 Å². The lowest BCUT2D eigenvalue weighted by Gasteiger charge is -1.95. The highest BCUT2D eigenvalue weighted by Crippen LogP contribution is 2.09. The van der Waals surface area contributed by atoms with Gasteiger partial charge >= 0.3 is 5.82 Å². The lowest BCUT2D eigenvalue weighted by atomic mass is 10.6. The summed E-state index contributed by atoms with van der Waals surface area (Å²) in [7, 11) is 0. The summed E-state index contributed by atoms with van der Waals surface area (Å²) in [5.74, 6) is 0.494. The van der Waals surface area contributed by atoms with Gasteiger partial charge in [-0.05, 0) is 9.91 Å². The number of aryl methyl sites for hydroxylation is 1. The van der Waals surface area contributed by atoms with Crippen molar-refractivity contribution < 1.29 is 4.92 Å². The molecule has 0 radical (unpaired) electrons. The van der Waals surface area contributed by atoms with Crippen LogP contribution < -0.4 is 5.73 Å². The summed E-state index contributed by atoms with van der Waals surface area (Å²) in [6, 6.07) is 0. The Labute approximate surface area is 82.9 Å². The SMILES string of the molecule is CC.Cc1nc([N+](=O)[O-])cn1CCN. The number of hydrogen-bond donors (Lipinski definition) is 1. The molecule has 0 atom stereocenters. The van der Waals surface area contributed by atoms with E-state index in [1.54, 1.807) is 11.5 Å². The minimum Gasteiger partial charge on any atom is -0.358 e. The normalized spacial score (nSPS) is 9.14. The van der Waals surface area contributed by atoms with Crippen molar-refractivity contribution in [1.82, 2.24) is 9.55 Å². The molecule has 1 heterocycles. The van der Waals surface area contributed by atoms with E-state index in [0.29, 0.717) is 18.9 Å². The Bertz CT molecular complexity index is 296. The molecule has 0 fully saturated rings. The summed E-state index contributed by atoms with van der Waals surface area (Å²) in [4.78, 5) is 13.5. The molecule has 0 saturated carbocycles. The highest BCUT2D eigenvalue weighted by atomic mass is 16.6. The zero-order valence-electron chi connectivity index (χ0n) is 8.73. The molecule has 0 bridgehead atoms. The van der Waals surface area contributed by atoms with Crippen molar-refractivity contribution in [2.24, 2.45) is 5.73 Å². The Morgan fingerprint density at radius 2 is 2.21 bits per heavy atom. The molecule has 6 heteroatoms. The van der Waals surface area contributed by atoms with E-state index in [1.165, 1.54) is 6.20 Å². The Hall–Kier alpha value is -1.43. The second-order valence-corrected chi connectivity index (χ2v) is 2.39. The van der Waals surface area contributed by atoms with Crippen LogP contribution in [0.1, 0.15) is 19.7 Å². The smallest absolute Gasteiger partial charge is 0.358 e. The summed E-state index contributed by atoms with van der Waals surface area (Å²) in [6.07, 6.45) is 1.39. The highest BCUT2D eigenvalue weighted by molar-refractivity contribution is 5.16. The van der Waals surface area contributed by atoms with Gasteiger partial charge < -0.3 is 20.4 Å². The molecule has 0 unspecified atom stereocenters. The third-order valence-electron chi connectivity index (χ3n) is 1.52. The van der Waals surface area contributed by atoms with E-state index in [0.717, 1.165) is 0 Å². The first-order valence-electron chi connectivity index (χ1n) is 4.53. The number of imidazole rings is 1. The monoisotopic (exact) mass is 200 g/mol. The average Bonchev–Trinajstić information content (AvgIpc) is 2.52. The van der Waals surface area contributed by atoms with Crippen molar-refractivity contribution >= 4 is 5.82 Å². The van der Waals surface area contributed by atoms with Crippen LogP contribution in [0.5, 0.6) is 0 Å². The fourth-order valence-electron chi connectivity index (χ4n) is 0.945. The minimum absolute atomic E-state index is 0.124. The number of nitrogens with zero attached hydrogens (tertiary/aromatic N) is 3. The summed E-state index contributed by atoms with van der Waals surface area (Å²) in [5.41, 5.74) is 5.30. The van der Waals surface area contributed by atoms with E-state index in [2.05, 4.69) is 4.98 Å². The summed E-state index contributed by atoms with van der Waals surface area (Å²) >= 11 is 0. The summed E-state index contributed by atoms with van der Waals surface area (Å²) in [6.45, 7) is 6.73. The maximum atomic E-state index is 10.3. The molecule has 6 nitrogen and oxygen atoms in total. The first-order valence-corrected chi connectivity index (χ1v) is 4.53. The van der Waals surface area contributed by atoms with Crippen LogP contribution in [0.3, 0.4) is 0 Å². The van der Waals surface area contributed by atoms with Crippen LogP contribution in [-0.4, -0.2) is 21.0 Å². The third kappa shape index (κ3) is 3.14. The number of nitro groups is 1. The first kappa shape index (κ1) is 12.6. The fourth-order valence-corrected chi connectivity index (χ4v) is 0.945. The molecule has 1 aromatic heterocycles. The molecule has 2 N–H and O–H groups in total. The fraction of sp³-hybridized carbons (Fsp3) is 0.625. The van der Waals surface area contributed by atoms with E-state index in [9.17, 15) is 10.1 Å². The van der Waals surface area contributed by atoms with Crippen LogP contribution in [0.25, 0.3) is 0 Å². The predicted molar refractivity (Wildman–Crippen MR) is 54.0 cm³/mol. The van der Waals surface area contributed by atoms with Crippen LogP contribution in [-0.2, 0) is 6.54 Å². The molecule has 0 spiro atoms. The average molecular weight is 200 g/mol. The van der Waals surface area contributed by atoms with Gasteiger partial charge in [0.15, 0.2) is 0 Å². The van der Waals surface area contributed by atoms with E-state index >= 15 is 0 Å². The second kappa shape index (κ2) is 6.09. The lowest BCUT2D eigenvalue weighted by molar-refractivity contribution is -0.389. The molecule has 80 valence electrons. The predicted octanol–water partition coefficient (Wildman–Crippen LogP) is 1.08. The quantitative estimate of drug-likeness (QED) is 0.584. The van der Waals surface area contributed by atoms with Gasteiger partial charge in [-0.1, -0.05) is 13.8 Å². The van der Waals surface area contributed by atoms with Gasteiger partial charge in [0.25, 0.3) is 0 Å². The van der Waals surface area contributed by atoms with Crippen LogP contribution >= 0.6 is 0 Å². The van der Waals surface area contributed by atoms with Crippen molar-refractivity contribution in [1.29, 1.82) is 0 Å². The molecule has 0 aliphatic heterocycles. The molecule has 0 aliphatic rings. The van der Waals surface area contributed by atoms with Crippen LogP contribution in [0.15, 0.2) is 6.20 Å². The molecular weight excluding hydrogens is 184 g/mol. The number of rotatable bonds is 3. The van der Waals surface area contributed by atoms with Gasteiger partial charge in [0.1, 0.15) is 6.20 Å². The van der Waals surface area contributed by atoms with Gasteiger partial charge in [0.05, 0.1) is 0 Å².